The first-order chi connectivity index (χ1) is 15.2. The molecule has 1 aromatic heterocycles. The van der Waals surface area contributed by atoms with Crippen molar-refractivity contribution in [3.05, 3.63) is 115 Å². The van der Waals surface area contributed by atoms with E-state index in [0.29, 0.717) is 0 Å². The van der Waals surface area contributed by atoms with Gasteiger partial charge in [-0.1, -0.05) is 96.6 Å². The van der Waals surface area contributed by atoms with Gasteiger partial charge in [-0.3, -0.25) is 4.57 Å². The highest BCUT2D eigenvalue weighted by Gasteiger charge is 2.13. The monoisotopic (exact) mass is 401 g/mol. The minimum absolute atomic E-state index is 0.854. The fourth-order valence-electron chi connectivity index (χ4n) is 3.85. The molecule has 3 heteroatoms. The molecule has 0 saturated heterocycles. The Morgan fingerprint density at radius 1 is 0.484 bits per heavy atom. The Kier molecular flexibility index (Phi) is 4.93. The number of nitrogens with zero attached hydrogens (tertiary/aromatic N) is 3. The van der Waals surface area contributed by atoms with Crippen molar-refractivity contribution in [2.45, 2.75) is 13.8 Å². The SMILES string of the molecule is Cc1ccc(-n2c(C)nnc2-c2ccc(-c3ccc(-c4ccccc4)cc3)cc2)cc1. The van der Waals surface area contributed by atoms with Crippen LogP contribution in [-0.2, 0) is 0 Å². The van der Waals surface area contributed by atoms with Crippen LogP contribution < -0.4 is 0 Å². The molecule has 1 heterocycles. The normalized spacial score (nSPS) is 10.9. The molecule has 0 fully saturated rings. The molecule has 0 N–H and O–H groups in total. The number of aromatic nitrogens is 3. The highest BCUT2D eigenvalue weighted by Crippen LogP contribution is 2.28. The van der Waals surface area contributed by atoms with E-state index >= 15 is 0 Å². The number of benzene rings is 4. The third-order valence-corrected chi connectivity index (χ3v) is 5.59. The van der Waals surface area contributed by atoms with Gasteiger partial charge in [0.2, 0.25) is 0 Å². The summed E-state index contributed by atoms with van der Waals surface area (Å²) in [6.45, 7) is 4.08. The molecule has 0 spiro atoms. The van der Waals surface area contributed by atoms with Gasteiger partial charge < -0.3 is 0 Å². The van der Waals surface area contributed by atoms with E-state index < -0.39 is 0 Å². The summed E-state index contributed by atoms with van der Waals surface area (Å²) in [5.74, 6) is 1.73. The molecule has 31 heavy (non-hydrogen) atoms. The number of hydrogen-bond acceptors (Lipinski definition) is 2. The first kappa shape index (κ1) is 19.0. The molecule has 0 aliphatic rings. The fourth-order valence-corrected chi connectivity index (χ4v) is 3.85. The first-order valence-corrected chi connectivity index (χ1v) is 10.4. The van der Waals surface area contributed by atoms with Crippen LogP contribution in [0.4, 0.5) is 0 Å². The maximum atomic E-state index is 4.45. The van der Waals surface area contributed by atoms with E-state index in [1.54, 1.807) is 0 Å². The van der Waals surface area contributed by atoms with Gasteiger partial charge in [-0.25, -0.2) is 0 Å². The van der Waals surface area contributed by atoms with Gasteiger partial charge in [0.1, 0.15) is 5.82 Å². The lowest BCUT2D eigenvalue weighted by Crippen LogP contribution is -2.00. The predicted octanol–water partition coefficient (Wildman–Crippen LogP) is 6.89. The van der Waals surface area contributed by atoms with Gasteiger partial charge in [-0.2, -0.15) is 0 Å². The van der Waals surface area contributed by atoms with E-state index in [9.17, 15) is 0 Å². The summed E-state index contributed by atoms with van der Waals surface area (Å²) in [7, 11) is 0. The van der Waals surface area contributed by atoms with Crippen LogP contribution in [0, 0.1) is 13.8 Å². The average Bonchev–Trinajstić information content (AvgIpc) is 3.22. The Morgan fingerprint density at radius 2 is 0.968 bits per heavy atom. The smallest absolute Gasteiger partial charge is 0.168 e. The van der Waals surface area contributed by atoms with Crippen molar-refractivity contribution < 1.29 is 0 Å². The molecule has 0 radical (unpaired) electrons. The lowest BCUT2D eigenvalue weighted by molar-refractivity contribution is 0.971. The van der Waals surface area contributed by atoms with Crippen LogP contribution in [-0.4, -0.2) is 14.8 Å². The highest BCUT2D eigenvalue weighted by molar-refractivity contribution is 5.72. The van der Waals surface area contributed by atoms with E-state index in [0.717, 1.165) is 22.9 Å². The summed E-state index contributed by atoms with van der Waals surface area (Å²) in [6.07, 6.45) is 0. The molecule has 0 atom stereocenters. The first-order valence-electron chi connectivity index (χ1n) is 10.4. The summed E-state index contributed by atoms with van der Waals surface area (Å²) in [5.41, 5.74) is 8.19. The standard InChI is InChI=1S/C28H23N3/c1-20-8-18-27(19-9-20)31-21(2)29-30-28(31)26-16-14-25(15-17-26)24-12-10-23(11-13-24)22-6-4-3-5-7-22/h3-19H,1-2H3. The molecule has 0 bridgehead atoms. The van der Waals surface area contributed by atoms with Crippen molar-refractivity contribution in [2.24, 2.45) is 0 Å². The largest absolute Gasteiger partial charge is 0.279 e. The van der Waals surface area contributed by atoms with Gasteiger partial charge in [0.15, 0.2) is 5.82 Å². The van der Waals surface area contributed by atoms with Crippen molar-refractivity contribution in [2.75, 3.05) is 0 Å². The molecule has 0 amide bonds. The Bertz CT molecular complexity index is 1300. The highest BCUT2D eigenvalue weighted by atomic mass is 15.3. The minimum atomic E-state index is 0.854. The van der Waals surface area contributed by atoms with Crippen LogP contribution in [0.3, 0.4) is 0 Å². The van der Waals surface area contributed by atoms with Gasteiger partial charge in [0.05, 0.1) is 0 Å². The molecule has 5 aromatic rings. The van der Waals surface area contributed by atoms with Crippen molar-refractivity contribution in [3.8, 4) is 39.3 Å². The quantitative estimate of drug-likeness (QED) is 0.328. The lowest BCUT2D eigenvalue weighted by atomic mass is 9.99. The van der Waals surface area contributed by atoms with Gasteiger partial charge >= 0.3 is 0 Å². The predicted molar refractivity (Wildman–Crippen MR) is 127 cm³/mol. The third-order valence-electron chi connectivity index (χ3n) is 5.59. The molecule has 3 nitrogen and oxygen atoms in total. The second-order valence-electron chi connectivity index (χ2n) is 7.76. The maximum Gasteiger partial charge on any atom is 0.168 e. The topological polar surface area (TPSA) is 30.7 Å². The Hall–Kier alpha value is -3.98. The van der Waals surface area contributed by atoms with Crippen LogP contribution in [0.5, 0.6) is 0 Å². The van der Waals surface area contributed by atoms with Crippen molar-refractivity contribution in [3.63, 3.8) is 0 Å². The molecule has 0 saturated carbocycles. The summed E-state index contributed by atoms with van der Waals surface area (Å²) in [5, 5.41) is 8.77. The van der Waals surface area contributed by atoms with Crippen molar-refractivity contribution in [1.82, 2.24) is 14.8 Å². The molecule has 5 rings (SSSR count). The van der Waals surface area contributed by atoms with Gasteiger partial charge in [-0.15, -0.1) is 10.2 Å². The molecular formula is C28H23N3. The van der Waals surface area contributed by atoms with Crippen molar-refractivity contribution in [1.29, 1.82) is 0 Å². The van der Waals surface area contributed by atoms with E-state index in [-0.39, 0.29) is 0 Å². The van der Waals surface area contributed by atoms with Crippen LogP contribution >= 0.6 is 0 Å². The summed E-state index contributed by atoms with van der Waals surface area (Å²) in [6, 6.07) is 36.1. The summed E-state index contributed by atoms with van der Waals surface area (Å²) < 4.78 is 2.10. The zero-order valence-corrected chi connectivity index (χ0v) is 17.7. The Balaban J connectivity index is 1.44. The summed E-state index contributed by atoms with van der Waals surface area (Å²) in [4.78, 5) is 0. The van der Waals surface area contributed by atoms with E-state index in [4.69, 9.17) is 0 Å². The summed E-state index contributed by atoms with van der Waals surface area (Å²) >= 11 is 0. The van der Waals surface area contributed by atoms with E-state index in [1.807, 2.05) is 13.0 Å². The molecule has 150 valence electrons. The maximum absolute atomic E-state index is 4.45. The second-order valence-corrected chi connectivity index (χ2v) is 7.76. The molecule has 0 unspecified atom stereocenters. The minimum Gasteiger partial charge on any atom is -0.279 e. The zero-order valence-electron chi connectivity index (χ0n) is 17.7. The Labute approximate surface area is 182 Å². The number of hydrogen-bond donors (Lipinski definition) is 0. The van der Waals surface area contributed by atoms with Gasteiger partial charge in [-0.05, 0) is 48.2 Å². The van der Waals surface area contributed by atoms with Crippen LogP contribution in [0.2, 0.25) is 0 Å². The second kappa shape index (κ2) is 8.04. The van der Waals surface area contributed by atoms with Gasteiger partial charge in [0, 0.05) is 11.3 Å². The van der Waals surface area contributed by atoms with E-state index in [1.165, 1.54) is 27.8 Å². The molecule has 4 aromatic carbocycles. The van der Waals surface area contributed by atoms with Crippen LogP contribution in [0.1, 0.15) is 11.4 Å². The Morgan fingerprint density at radius 3 is 1.52 bits per heavy atom. The van der Waals surface area contributed by atoms with E-state index in [2.05, 4.69) is 119 Å². The fraction of sp³-hybridized carbons (Fsp3) is 0.0714. The average molecular weight is 402 g/mol. The number of aryl methyl sites for hydroxylation is 2. The molecule has 0 aliphatic carbocycles. The molecular weight excluding hydrogens is 378 g/mol. The molecule has 0 aliphatic heterocycles. The number of rotatable bonds is 4. The zero-order chi connectivity index (χ0) is 21.2. The third kappa shape index (κ3) is 3.78. The van der Waals surface area contributed by atoms with Gasteiger partial charge in [0.25, 0.3) is 0 Å². The van der Waals surface area contributed by atoms with Crippen LogP contribution in [0.25, 0.3) is 39.3 Å². The van der Waals surface area contributed by atoms with Crippen LogP contribution in [0.15, 0.2) is 103 Å². The van der Waals surface area contributed by atoms with Crippen molar-refractivity contribution >= 4 is 0 Å². The lowest BCUT2D eigenvalue weighted by Gasteiger charge is -2.10.